The van der Waals surface area contributed by atoms with E-state index in [0.29, 0.717) is 32.7 Å². The molecular formula is C14H18BrN3O2. The molecule has 1 fully saturated rings. The number of halogens is 1. The quantitative estimate of drug-likeness (QED) is 0.893. The van der Waals surface area contributed by atoms with E-state index in [1.807, 2.05) is 24.3 Å². The van der Waals surface area contributed by atoms with Crippen LogP contribution in [-0.2, 0) is 11.3 Å². The average Bonchev–Trinajstić information content (AvgIpc) is 2.45. The summed E-state index contributed by atoms with van der Waals surface area (Å²) in [6.45, 7) is 4.46. The standard InChI is InChI=1S/C14H18BrN3O2/c1-11(19)17-5-7-18(8-6-17)14(20)16-10-12-3-2-4-13(15)9-12/h2-4,9H,5-8,10H2,1H3,(H,16,20). The first-order chi connectivity index (χ1) is 9.56. The monoisotopic (exact) mass is 339 g/mol. The van der Waals surface area contributed by atoms with Gasteiger partial charge in [0.2, 0.25) is 5.91 Å². The lowest BCUT2D eigenvalue weighted by molar-refractivity contribution is -0.130. The second-order valence-electron chi connectivity index (χ2n) is 4.78. The van der Waals surface area contributed by atoms with Gasteiger partial charge in [0.05, 0.1) is 0 Å². The Morgan fingerprint density at radius 1 is 1.20 bits per heavy atom. The topological polar surface area (TPSA) is 52.7 Å². The van der Waals surface area contributed by atoms with Gasteiger partial charge in [0.15, 0.2) is 0 Å². The van der Waals surface area contributed by atoms with Gasteiger partial charge in [-0.05, 0) is 17.7 Å². The molecule has 0 saturated carbocycles. The van der Waals surface area contributed by atoms with Crippen LogP contribution in [0.25, 0.3) is 0 Å². The maximum atomic E-state index is 12.0. The number of hydrogen-bond donors (Lipinski definition) is 1. The van der Waals surface area contributed by atoms with Gasteiger partial charge in [0.1, 0.15) is 0 Å². The van der Waals surface area contributed by atoms with Crippen molar-refractivity contribution in [2.75, 3.05) is 26.2 Å². The van der Waals surface area contributed by atoms with E-state index in [9.17, 15) is 9.59 Å². The third-order valence-corrected chi connectivity index (χ3v) is 3.84. The van der Waals surface area contributed by atoms with Crippen molar-refractivity contribution in [1.82, 2.24) is 15.1 Å². The maximum Gasteiger partial charge on any atom is 0.317 e. The van der Waals surface area contributed by atoms with E-state index >= 15 is 0 Å². The van der Waals surface area contributed by atoms with E-state index < -0.39 is 0 Å². The Balaban J connectivity index is 1.80. The Bertz CT molecular complexity index is 499. The molecule has 108 valence electrons. The molecule has 0 atom stereocenters. The maximum absolute atomic E-state index is 12.0. The van der Waals surface area contributed by atoms with Gasteiger partial charge < -0.3 is 15.1 Å². The van der Waals surface area contributed by atoms with Crippen molar-refractivity contribution in [3.63, 3.8) is 0 Å². The zero-order chi connectivity index (χ0) is 14.5. The highest BCUT2D eigenvalue weighted by molar-refractivity contribution is 9.10. The average molecular weight is 340 g/mol. The first-order valence-electron chi connectivity index (χ1n) is 6.59. The minimum Gasteiger partial charge on any atom is -0.339 e. The van der Waals surface area contributed by atoms with Gasteiger partial charge in [-0.3, -0.25) is 4.79 Å². The summed E-state index contributed by atoms with van der Waals surface area (Å²) in [5, 5.41) is 2.90. The molecule has 1 aliphatic heterocycles. The van der Waals surface area contributed by atoms with Crippen molar-refractivity contribution < 1.29 is 9.59 Å². The molecule has 5 nitrogen and oxygen atoms in total. The lowest BCUT2D eigenvalue weighted by Crippen LogP contribution is -2.52. The number of benzene rings is 1. The molecule has 0 spiro atoms. The van der Waals surface area contributed by atoms with Crippen LogP contribution in [0.4, 0.5) is 4.79 Å². The highest BCUT2D eigenvalue weighted by atomic mass is 79.9. The normalized spacial score (nSPS) is 15.1. The van der Waals surface area contributed by atoms with Crippen molar-refractivity contribution in [2.24, 2.45) is 0 Å². The number of rotatable bonds is 2. The fraction of sp³-hybridized carbons (Fsp3) is 0.429. The number of amides is 3. The highest BCUT2D eigenvalue weighted by Gasteiger charge is 2.21. The Hall–Kier alpha value is -1.56. The fourth-order valence-corrected chi connectivity index (χ4v) is 2.61. The van der Waals surface area contributed by atoms with E-state index in [4.69, 9.17) is 0 Å². The van der Waals surface area contributed by atoms with Crippen molar-refractivity contribution in [3.8, 4) is 0 Å². The van der Waals surface area contributed by atoms with Gasteiger partial charge in [0, 0.05) is 44.1 Å². The summed E-state index contributed by atoms with van der Waals surface area (Å²) in [6, 6.07) is 7.77. The van der Waals surface area contributed by atoms with E-state index in [2.05, 4.69) is 21.2 Å². The predicted octanol–water partition coefficient (Wildman–Crippen LogP) is 1.82. The minimum atomic E-state index is -0.0758. The van der Waals surface area contributed by atoms with Crippen molar-refractivity contribution in [3.05, 3.63) is 34.3 Å². The Morgan fingerprint density at radius 2 is 1.85 bits per heavy atom. The largest absolute Gasteiger partial charge is 0.339 e. The molecule has 2 rings (SSSR count). The SMILES string of the molecule is CC(=O)N1CCN(C(=O)NCc2cccc(Br)c2)CC1. The summed E-state index contributed by atoms with van der Waals surface area (Å²) in [7, 11) is 0. The molecule has 0 unspecified atom stereocenters. The van der Waals surface area contributed by atoms with Crippen LogP contribution in [-0.4, -0.2) is 47.9 Å². The molecule has 20 heavy (non-hydrogen) atoms. The molecule has 1 aliphatic rings. The summed E-state index contributed by atoms with van der Waals surface area (Å²) >= 11 is 3.41. The van der Waals surface area contributed by atoms with Crippen LogP contribution in [0.3, 0.4) is 0 Å². The lowest BCUT2D eigenvalue weighted by atomic mass is 10.2. The van der Waals surface area contributed by atoms with Crippen molar-refractivity contribution in [2.45, 2.75) is 13.5 Å². The number of carbonyl (C=O) groups excluding carboxylic acids is 2. The Morgan fingerprint density at radius 3 is 2.45 bits per heavy atom. The molecule has 3 amide bonds. The fourth-order valence-electron chi connectivity index (χ4n) is 2.16. The minimum absolute atomic E-state index is 0.0687. The number of piperazine rings is 1. The predicted molar refractivity (Wildman–Crippen MR) is 80.2 cm³/mol. The number of carbonyl (C=O) groups is 2. The summed E-state index contributed by atoms with van der Waals surface area (Å²) < 4.78 is 0.999. The molecule has 0 aromatic heterocycles. The van der Waals surface area contributed by atoms with Crippen LogP contribution >= 0.6 is 15.9 Å². The van der Waals surface area contributed by atoms with Crippen LogP contribution in [0.15, 0.2) is 28.7 Å². The van der Waals surface area contributed by atoms with Gasteiger partial charge in [-0.2, -0.15) is 0 Å². The van der Waals surface area contributed by atoms with E-state index in [0.717, 1.165) is 10.0 Å². The summed E-state index contributed by atoms with van der Waals surface area (Å²) in [6.07, 6.45) is 0. The molecule has 0 aliphatic carbocycles. The zero-order valence-corrected chi connectivity index (χ0v) is 13.0. The second-order valence-corrected chi connectivity index (χ2v) is 5.70. The van der Waals surface area contributed by atoms with Crippen LogP contribution in [0, 0.1) is 0 Å². The molecule has 1 saturated heterocycles. The number of urea groups is 1. The van der Waals surface area contributed by atoms with Crippen molar-refractivity contribution in [1.29, 1.82) is 0 Å². The Kier molecular flexibility index (Phi) is 5.00. The summed E-state index contributed by atoms with van der Waals surface area (Å²) in [5.41, 5.74) is 1.05. The summed E-state index contributed by atoms with van der Waals surface area (Å²) in [4.78, 5) is 26.8. The molecular weight excluding hydrogens is 322 g/mol. The second kappa shape index (κ2) is 6.74. The van der Waals surface area contributed by atoms with Gasteiger partial charge in [-0.1, -0.05) is 28.1 Å². The van der Waals surface area contributed by atoms with Crippen LogP contribution in [0.5, 0.6) is 0 Å². The molecule has 1 heterocycles. The number of nitrogens with zero attached hydrogens (tertiary/aromatic N) is 2. The first-order valence-corrected chi connectivity index (χ1v) is 7.38. The summed E-state index contributed by atoms with van der Waals surface area (Å²) in [5.74, 6) is 0.0687. The molecule has 6 heteroatoms. The first kappa shape index (κ1) is 14.8. The molecule has 1 N–H and O–H groups in total. The molecule has 0 bridgehead atoms. The van der Waals surface area contributed by atoms with E-state index in [-0.39, 0.29) is 11.9 Å². The van der Waals surface area contributed by atoms with Crippen molar-refractivity contribution >= 4 is 27.9 Å². The van der Waals surface area contributed by atoms with Gasteiger partial charge in [0.25, 0.3) is 0 Å². The van der Waals surface area contributed by atoms with Crippen LogP contribution < -0.4 is 5.32 Å². The van der Waals surface area contributed by atoms with Crippen LogP contribution in [0.2, 0.25) is 0 Å². The van der Waals surface area contributed by atoms with Gasteiger partial charge in [-0.15, -0.1) is 0 Å². The number of nitrogens with one attached hydrogen (secondary N) is 1. The number of hydrogen-bond acceptors (Lipinski definition) is 2. The lowest BCUT2D eigenvalue weighted by Gasteiger charge is -2.34. The smallest absolute Gasteiger partial charge is 0.317 e. The third-order valence-electron chi connectivity index (χ3n) is 3.34. The highest BCUT2D eigenvalue weighted by Crippen LogP contribution is 2.11. The van der Waals surface area contributed by atoms with Gasteiger partial charge >= 0.3 is 6.03 Å². The molecule has 0 radical (unpaired) electrons. The van der Waals surface area contributed by atoms with E-state index in [1.54, 1.807) is 16.7 Å². The molecule has 1 aromatic carbocycles. The van der Waals surface area contributed by atoms with E-state index in [1.165, 1.54) is 0 Å². The van der Waals surface area contributed by atoms with Gasteiger partial charge in [-0.25, -0.2) is 4.79 Å². The van der Waals surface area contributed by atoms with Crippen LogP contribution in [0.1, 0.15) is 12.5 Å². The third kappa shape index (κ3) is 3.96. The molecule has 1 aromatic rings. The zero-order valence-electron chi connectivity index (χ0n) is 11.4. The Labute approximate surface area is 127 Å².